The molecule has 0 aliphatic heterocycles. The summed E-state index contributed by atoms with van der Waals surface area (Å²) in [7, 11) is 1.66. The molecule has 0 unspecified atom stereocenters. The van der Waals surface area contributed by atoms with Crippen molar-refractivity contribution in [1.29, 1.82) is 0 Å². The summed E-state index contributed by atoms with van der Waals surface area (Å²) in [6.45, 7) is 0. The molecule has 0 amide bonds. The van der Waals surface area contributed by atoms with Crippen LogP contribution in [0, 0.1) is 0 Å². The van der Waals surface area contributed by atoms with Gasteiger partial charge in [-0.1, -0.05) is 23.7 Å². The van der Waals surface area contributed by atoms with Crippen LogP contribution in [-0.2, 0) is 6.42 Å². The first-order valence-electron chi connectivity index (χ1n) is 6.02. The average Bonchev–Trinajstić information content (AvgIpc) is 2.79. The maximum absolute atomic E-state index is 5.98. The van der Waals surface area contributed by atoms with Crippen molar-refractivity contribution >= 4 is 22.6 Å². The number of hydrogen-bond acceptors (Lipinski definition) is 2. The quantitative estimate of drug-likeness (QED) is 0.787. The Labute approximate surface area is 116 Å². The van der Waals surface area contributed by atoms with E-state index >= 15 is 0 Å². The number of halogens is 1. The van der Waals surface area contributed by atoms with Crippen LogP contribution in [0.2, 0.25) is 5.02 Å². The zero-order valence-corrected chi connectivity index (χ0v) is 11.2. The standard InChI is InChI=1S/C15H13ClN2O/c1-19-12-5-6-13-14(9-12)18-15(17-13)8-10-3-2-4-11(16)7-10/h2-7,9H,8H2,1H3,(H,17,18). The van der Waals surface area contributed by atoms with Crippen LogP contribution in [0.25, 0.3) is 11.0 Å². The van der Waals surface area contributed by atoms with Gasteiger partial charge < -0.3 is 9.72 Å². The lowest BCUT2D eigenvalue weighted by Crippen LogP contribution is -1.90. The van der Waals surface area contributed by atoms with Crippen LogP contribution in [0.15, 0.2) is 42.5 Å². The summed E-state index contributed by atoms with van der Waals surface area (Å²) in [6.07, 6.45) is 0.734. The first-order chi connectivity index (χ1) is 9.24. The van der Waals surface area contributed by atoms with Gasteiger partial charge in [-0.05, 0) is 29.8 Å². The van der Waals surface area contributed by atoms with Gasteiger partial charge in [-0.3, -0.25) is 0 Å². The van der Waals surface area contributed by atoms with Crippen LogP contribution in [0.1, 0.15) is 11.4 Å². The summed E-state index contributed by atoms with van der Waals surface area (Å²) >= 11 is 5.98. The third-order valence-corrected chi connectivity index (χ3v) is 3.23. The zero-order valence-electron chi connectivity index (χ0n) is 10.5. The molecule has 19 heavy (non-hydrogen) atoms. The molecule has 96 valence electrons. The van der Waals surface area contributed by atoms with E-state index in [-0.39, 0.29) is 0 Å². The molecule has 0 aliphatic carbocycles. The van der Waals surface area contributed by atoms with Crippen molar-refractivity contribution in [3.8, 4) is 5.75 Å². The van der Waals surface area contributed by atoms with Crippen LogP contribution in [0.5, 0.6) is 5.75 Å². The Morgan fingerprint density at radius 3 is 2.89 bits per heavy atom. The van der Waals surface area contributed by atoms with Crippen molar-refractivity contribution in [2.45, 2.75) is 6.42 Å². The fourth-order valence-corrected chi connectivity index (χ4v) is 2.31. The highest BCUT2D eigenvalue weighted by Gasteiger charge is 2.05. The van der Waals surface area contributed by atoms with Crippen LogP contribution in [-0.4, -0.2) is 17.1 Å². The van der Waals surface area contributed by atoms with Gasteiger partial charge in [0.15, 0.2) is 0 Å². The molecule has 1 aromatic heterocycles. The van der Waals surface area contributed by atoms with Crippen LogP contribution < -0.4 is 4.74 Å². The largest absolute Gasteiger partial charge is 0.497 e. The fraction of sp³-hybridized carbons (Fsp3) is 0.133. The van der Waals surface area contributed by atoms with Gasteiger partial charge in [0.2, 0.25) is 0 Å². The molecule has 0 bridgehead atoms. The Balaban J connectivity index is 1.93. The van der Waals surface area contributed by atoms with E-state index in [1.807, 2.05) is 42.5 Å². The second-order valence-electron chi connectivity index (χ2n) is 4.37. The SMILES string of the molecule is COc1ccc2nc(Cc3cccc(Cl)c3)[nH]c2c1. The lowest BCUT2D eigenvalue weighted by atomic mass is 10.1. The second-order valence-corrected chi connectivity index (χ2v) is 4.81. The van der Waals surface area contributed by atoms with E-state index < -0.39 is 0 Å². The van der Waals surface area contributed by atoms with Crippen molar-refractivity contribution in [2.75, 3.05) is 7.11 Å². The maximum atomic E-state index is 5.98. The van der Waals surface area contributed by atoms with Crippen LogP contribution in [0.4, 0.5) is 0 Å². The van der Waals surface area contributed by atoms with Crippen molar-refractivity contribution in [2.24, 2.45) is 0 Å². The molecule has 0 fully saturated rings. The molecule has 3 aromatic rings. The summed E-state index contributed by atoms with van der Waals surface area (Å²) in [5, 5.41) is 0.746. The minimum atomic E-state index is 0.734. The number of imidazole rings is 1. The number of ether oxygens (including phenoxy) is 1. The summed E-state index contributed by atoms with van der Waals surface area (Å²) in [5.41, 5.74) is 3.06. The minimum Gasteiger partial charge on any atom is -0.497 e. The molecule has 0 radical (unpaired) electrons. The summed E-state index contributed by atoms with van der Waals surface area (Å²) in [4.78, 5) is 7.86. The van der Waals surface area contributed by atoms with E-state index in [1.54, 1.807) is 7.11 Å². The molecule has 1 N–H and O–H groups in total. The topological polar surface area (TPSA) is 37.9 Å². The molecular formula is C15H13ClN2O. The number of fused-ring (bicyclic) bond motifs is 1. The molecule has 2 aromatic carbocycles. The molecule has 0 saturated carbocycles. The van der Waals surface area contributed by atoms with E-state index in [0.29, 0.717) is 0 Å². The van der Waals surface area contributed by atoms with Gasteiger partial charge in [0.1, 0.15) is 11.6 Å². The van der Waals surface area contributed by atoms with Gasteiger partial charge in [-0.25, -0.2) is 4.98 Å². The number of rotatable bonds is 3. The number of aromatic nitrogens is 2. The molecule has 3 nitrogen and oxygen atoms in total. The molecule has 0 saturated heterocycles. The molecular weight excluding hydrogens is 260 g/mol. The predicted molar refractivity (Wildman–Crippen MR) is 76.9 cm³/mol. The first kappa shape index (κ1) is 12.1. The third kappa shape index (κ3) is 2.56. The summed E-state index contributed by atoms with van der Waals surface area (Å²) in [6, 6.07) is 13.6. The Hall–Kier alpha value is -2.00. The number of methoxy groups -OCH3 is 1. The Kier molecular flexibility index (Phi) is 3.13. The fourth-order valence-electron chi connectivity index (χ4n) is 2.09. The second kappa shape index (κ2) is 4.94. The Morgan fingerprint density at radius 1 is 1.21 bits per heavy atom. The molecule has 0 spiro atoms. The van der Waals surface area contributed by atoms with E-state index in [1.165, 1.54) is 0 Å². The van der Waals surface area contributed by atoms with E-state index in [9.17, 15) is 0 Å². The van der Waals surface area contributed by atoms with Gasteiger partial charge in [-0.2, -0.15) is 0 Å². The Bertz CT molecular complexity index is 721. The zero-order chi connectivity index (χ0) is 13.2. The summed E-state index contributed by atoms with van der Waals surface area (Å²) < 4.78 is 5.20. The van der Waals surface area contributed by atoms with Crippen molar-refractivity contribution in [3.05, 3.63) is 58.9 Å². The molecule has 3 rings (SSSR count). The minimum absolute atomic E-state index is 0.734. The third-order valence-electron chi connectivity index (χ3n) is 3.00. The van der Waals surface area contributed by atoms with Gasteiger partial charge in [-0.15, -0.1) is 0 Å². The highest BCUT2D eigenvalue weighted by Crippen LogP contribution is 2.20. The first-order valence-corrected chi connectivity index (χ1v) is 6.39. The highest BCUT2D eigenvalue weighted by molar-refractivity contribution is 6.30. The normalized spacial score (nSPS) is 10.8. The van der Waals surface area contributed by atoms with E-state index in [2.05, 4.69) is 9.97 Å². The van der Waals surface area contributed by atoms with Gasteiger partial charge in [0.25, 0.3) is 0 Å². The number of nitrogens with one attached hydrogen (secondary N) is 1. The number of H-pyrrole nitrogens is 1. The number of hydrogen-bond donors (Lipinski definition) is 1. The lowest BCUT2D eigenvalue weighted by molar-refractivity contribution is 0.415. The smallest absolute Gasteiger partial charge is 0.121 e. The molecule has 0 atom stereocenters. The summed E-state index contributed by atoms with van der Waals surface area (Å²) in [5.74, 6) is 1.75. The monoisotopic (exact) mass is 272 g/mol. The van der Waals surface area contributed by atoms with Crippen LogP contribution >= 0.6 is 11.6 Å². The maximum Gasteiger partial charge on any atom is 0.121 e. The predicted octanol–water partition coefficient (Wildman–Crippen LogP) is 3.82. The average molecular weight is 273 g/mol. The number of benzene rings is 2. The number of aromatic amines is 1. The molecule has 4 heteroatoms. The van der Waals surface area contributed by atoms with Crippen molar-refractivity contribution < 1.29 is 4.74 Å². The lowest BCUT2D eigenvalue weighted by Gasteiger charge is -1.98. The van der Waals surface area contributed by atoms with Crippen molar-refractivity contribution in [3.63, 3.8) is 0 Å². The molecule has 1 heterocycles. The van der Waals surface area contributed by atoms with E-state index in [4.69, 9.17) is 16.3 Å². The van der Waals surface area contributed by atoms with E-state index in [0.717, 1.165) is 39.6 Å². The number of nitrogens with zero attached hydrogens (tertiary/aromatic N) is 1. The van der Waals surface area contributed by atoms with Gasteiger partial charge >= 0.3 is 0 Å². The van der Waals surface area contributed by atoms with Gasteiger partial charge in [0, 0.05) is 17.5 Å². The van der Waals surface area contributed by atoms with Crippen LogP contribution in [0.3, 0.4) is 0 Å². The highest BCUT2D eigenvalue weighted by atomic mass is 35.5. The van der Waals surface area contributed by atoms with Gasteiger partial charge in [0.05, 0.1) is 18.1 Å². The van der Waals surface area contributed by atoms with Crippen molar-refractivity contribution in [1.82, 2.24) is 9.97 Å². The Morgan fingerprint density at radius 2 is 2.11 bits per heavy atom. The molecule has 0 aliphatic rings.